The average molecular weight is 1100 g/mol. The van der Waals surface area contributed by atoms with E-state index >= 15 is 0 Å². The molecule has 1 aromatic heterocycles. The summed E-state index contributed by atoms with van der Waals surface area (Å²) in [7, 11) is 0. The van der Waals surface area contributed by atoms with Crippen LogP contribution in [0.1, 0.15) is 5.56 Å². The maximum absolute atomic E-state index is 14.7. The molecule has 8 unspecified atom stereocenters. The number of rotatable bonds is 16. The Morgan fingerprint density at radius 1 is 0.519 bits per heavy atom. The Labute approximate surface area is 432 Å². The van der Waals surface area contributed by atoms with Gasteiger partial charge in [-0.15, -0.1) is 0 Å². The molecular formula is C48H56O29. The monoisotopic (exact) mass is 1100 g/mol. The number of carbonyl (C=O) groups excluding carboxylic acids is 1. The van der Waals surface area contributed by atoms with Gasteiger partial charge in [0.1, 0.15) is 114 Å². The van der Waals surface area contributed by atoms with E-state index in [4.69, 9.17) is 47.0 Å². The van der Waals surface area contributed by atoms with Gasteiger partial charge in [0, 0.05) is 23.8 Å². The number of esters is 1. The van der Waals surface area contributed by atoms with Crippen LogP contribution in [-0.4, -0.2) is 242 Å². The maximum atomic E-state index is 14.7. The van der Waals surface area contributed by atoms with Crippen LogP contribution in [0.4, 0.5) is 0 Å². The lowest BCUT2D eigenvalue weighted by Crippen LogP contribution is -2.65. The third-order valence-electron chi connectivity index (χ3n) is 13.1. The van der Waals surface area contributed by atoms with E-state index in [-0.39, 0.29) is 16.9 Å². The van der Waals surface area contributed by atoms with Crippen molar-refractivity contribution in [1.29, 1.82) is 0 Å². The number of phenols is 4. The SMILES string of the molecule is O=C(/C=C/c1ccc(O)c(O)c1)OC1[C@H](OC2[C@H](Oc3c(-c4ccc(O)cc4)oc4cc(O[C@@H]5OC(CO)[C@@H](O[C@@H]6OC(CO)[C@@H](O)[C@H](O)C6O)[C@H](O)C5O)cc(O)c4c3=O)OC(CO)[C@@H](O)[C@@H]2O)OC(CO)[C@@H](O)[C@@H]1O. The van der Waals surface area contributed by atoms with Crippen LogP contribution in [-0.2, 0) is 38.0 Å². The first-order valence-electron chi connectivity index (χ1n) is 23.5. The van der Waals surface area contributed by atoms with Gasteiger partial charge in [0.15, 0.2) is 42.0 Å². The Balaban J connectivity index is 1.10. The lowest BCUT2D eigenvalue weighted by Gasteiger charge is -2.46. The summed E-state index contributed by atoms with van der Waals surface area (Å²) in [5.74, 6) is -5.12. The van der Waals surface area contributed by atoms with Gasteiger partial charge >= 0.3 is 5.97 Å². The number of aliphatic hydroxyl groups is 13. The fraction of sp³-hybridized carbons (Fsp3) is 0.500. The Morgan fingerprint density at radius 2 is 1.06 bits per heavy atom. The molecular weight excluding hydrogens is 1040 g/mol. The van der Waals surface area contributed by atoms with E-state index in [1.165, 1.54) is 30.3 Å². The van der Waals surface area contributed by atoms with Crippen molar-refractivity contribution in [2.75, 3.05) is 26.4 Å². The number of carbonyl (C=O) groups is 1. The Kier molecular flexibility index (Phi) is 17.9. The van der Waals surface area contributed by atoms with Crippen molar-refractivity contribution in [3.8, 4) is 45.8 Å². The van der Waals surface area contributed by atoms with Crippen molar-refractivity contribution in [3.05, 3.63) is 76.5 Å². The Morgan fingerprint density at radius 3 is 1.69 bits per heavy atom. The normalized spacial score (nSPS) is 35.7. The van der Waals surface area contributed by atoms with Crippen LogP contribution in [0.5, 0.6) is 34.5 Å². The minimum absolute atomic E-state index is 0.0263. The largest absolute Gasteiger partial charge is 0.508 e. The van der Waals surface area contributed by atoms with E-state index < -0.39 is 206 Å². The van der Waals surface area contributed by atoms with Gasteiger partial charge in [0.2, 0.25) is 23.8 Å². The van der Waals surface area contributed by atoms with E-state index in [1.807, 2.05) is 0 Å². The first-order valence-corrected chi connectivity index (χ1v) is 23.5. The highest BCUT2D eigenvalue weighted by molar-refractivity contribution is 5.89. The molecule has 0 saturated carbocycles. The number of aliphatic hydroxyl groups excluding tert-OH is 13. The van der Waals surface area contributed by atoms with Crippen molar-refractivity contribution in [1.82, 2.24) is 0 Å². The molecule has 29 heteroatoms. The number of hydrogen-bond acceptors (Lipinski definition) is 29. The van der Waals surface area contributed by atoms with Crippen LogP contribution in [0.3, 0.4) is 0 Å². The molecule has 5 heterocycles. The molecule has 0 spiro atoms. The van der Waals surface area contributed by atoms with Crippen molar-refractivity contribution in [2.45, 2.75) is 123 Å². The molecule has 3 aromatic carbocycles. The first-order chi connectivity index (χ1) is 36.7. The molecule has 0 amide bonds. The van der Waals surface area contributed by atoms with Crippen LogP contribution in [0.25, 0.3) is 28.4 Å². The lowest BCUT2D eigenvalue weighted by atomic mass is 9.97. The summed E-state index contributed by atoms with van der Waals surface area (Å²) in [6.45, 7) is -3.71. The zero-order valence-electron chi connectivity index (χ0n) is 39.7. The zero-order valence-corrected chi connectivity index (χ0v) is 39.7. The third-order valence-corrected chi connectivity index (χ3v) is 13.1. The van der Waals surface area contributed by atoms with Crippen molar-refractivity contribution in [2.24, 2.45) is 0 Å². The second-order valence-electron chi connectivity index (χ2n) is 18.2. The van der Waals surface area contributed by atoms with E-state index in [0.29, 0.717) is 0 Å². The van der Waals surface area contributed by atoms with E-state index in [1.54, 1.807) is 0 Å². The fourth-order valence-electron chi connectivity index (χ4n) is 8.86. The van der Waals surface area contributed by atoms with Crippen LogP contribution in [0, 0.1) is 0 Å². The van der Waals surface area contributed by atoms with Gasteiger partial charge < -0.3 is 134 Å². The van der Waals surface area contributed by atoms with Crippen molar-refractivity contribution < 1.29 is 139 Å². The second kappa shape index (κ2) is 24.0. The van der Waals surface area contributed by atoms with Gasteiger partial charge in [-0.05, 0) is 48.0 Å². The molecule has 0 bridgehead atoms. The van der Waals surface area contributed by atoms with Gasteiger partial charge in [-0.1, -0.05) is 6.07 Å². The molecule has 0 radical (unpaired) electrons. The summed E-state index contributed by atoms with van der Waals surface area (Å²) in [5, 5.41) is 178. The highest BCUT2D eigenvalue weighted by Gasteiger charge is 2.54. The predicted octanol–water partition coefficient (Wildman–Crippen LogP) is -5.45. The number of aromatic hydroxyl groups is 4. The predicted molar refractivity (Wildman–Crippen MR) is 248 cm³/mol. The number of fused-ring (bicyclic) bond motifs is 1. The molecule has 77 heavy (non-hydrogen) atoms. The minimum Gasteiger partial charge on any atom is -0.508 e. The van der Waals surface area contributed by atoms with Gasteiger partial charge in [0.25, 0.3) is 0 Å². The lowest BCUT2D eigenvalue weighted by molar-refractivity contribution is -0.358. The summed E-state index contributed by atoms with van der Waals surface area (Å²) in [6, 6.07) is 10.2. The molecule has 17 N–H and O–H groups in total. The molecule has 8 rings (SSSR count). The minimum atomic E-state index is -2.17. The quantitative estimate of drug-likeness (QED) is 0.0283. The average Bonchev–Trinajstić information content (AvgIpc) is 3.41. The molecule has 20 atom stereocenters. The number of ether oxygens (including phenoxy) is 9. The summed E-state index contributed by atoms with van der Waals surface area (Å²) >= 11 is 0. The van der Waals surface area contributed by atoms with E-state index in [0.717, 1.165) is 36.4 Å². The summed E-state index contributed by atoms with van der Waals surface area (Å²) in [5.41, 5.74) is -1.51. The molecule has 4 aromatic rings. The Hall–Kier alpha value is -5.88. The molecule has 4 fully saturated rings. The third kappa shape index (κ3) is 11.8. The van der Waals surface area contributed by atoms with Crippen molar-refractivity contribution in [3.63, 3.8) is 0 Å². The highest BCUT2D eigenvalue weighted by Crippen LogP contribution is 2.40. The standard InChI is InChI=1S/C48H56O29/c49-12-24-30(58)34(62)38(66)46(70-24)75-41-27(15-52)73-45(39(67)37(41)65)68-19-10-22(56)29-23(11-19)69-40(17-3-5-18(53)6-4-17)42(33(29)61)76-48-44(36(64)32(60)26(14-51)72-48)77-47-43(35(63)31(59)25(13-50)71-47)74-28(57)8-2-16-1-7-20(54)21(55)9-16/h1-11,24-27,30-32,34-39,41,43-56,58-60,62-67H,12-15H2/b8-2+/t24?,25?,26?,27?,30-,31-,32-,34+,35+,36+,37-,38?,39?,41-,43?,44?,45-,46+,47+,48+/m1/s1. The fourth-order valence-corrected chi connectivity index (χ4v) is 8.86. The summed E-state index contributed by atoms with van der Waals surface area (Å²) in [6.07, 6.45) is -36.0. The van der Waals surface area contributed by atoms with Crippen molar-refractivity contribution >= 4 is 23.0 Å². The van der Waals surface area contributed by atoms with Crippen LogP contribution >= 0.6 is 0 Å². The highest BCUT2D eigenvalue weighted by atomic mass is 16.8. The van der Waals surface area contributed by atoms with Gasteiger partial charge in [0.05, 0.1) is 26.4 Å². The molecule has 4 aliphatic rings. The van der Waals surface area contributed by atoms with Gasteiger partial charge in [-0.3, -0.25) is 4.79 Å². The molecule has 0 aliphatic carbocycles. The molecule has 4 saturated heterocycles. The molecule has 29 nitrogen and oxygen atoms in total. The zero-order chi connectivity index (χ0) is 55.7. The number of hydrogen-bond donors (Lipinski definition) is 17. The summed E-state index contributed by atoms with van der Waals surface area (Å²) in [4.78, 5) is 27.8. The summed E-state index contributed by atoms with van der Waals surface area (Å²) < 4.78 is 57.5. The van der Waals surface area contributed by atoms with Gasteiger partial charge in [-0.25, -0.2) is 4.79 Å². The van der Waals surface area contributed by atoms with E-state index in [2.05, 4.69) is 0 Å². The Bertz CT molecular complexity index is 2750. The molecule has 4 aliphatic heterocycles. The van der Waals surface area contributed by atoms with Crippen LogP contribution in [0.15, 0.2) is 69.9 Å². The number of phenolic OH excluding ortho intramolecular Hbond substituents is 4. The van der Waals surface area contributed by atoms with Gasteiger partial charge in [-0.2, -0.15) is 0 Å². The molecule has 422 valence electrons. The number of benzene rings is 3. The smallest absolute Gasteiger partial charge is 0.331 e. The first kappa shape index (κ1) is 57.3. The second-order valence-corrected chi connectivity index (χ2v) is 18.2. The van der Waals surface area contributed by atoms with E-state index in [9.17, 15) is 96.4 Å². The maximum Gasteiger partial charge on any atom is 0.331 e. The van der Waals surface area contributed by atoms with Crippen LogP contribution < -0.4 is 14.9 Å². The topological polar surface area (TPSA) is 474 Å². The van der Waals surface area contributed by atoms with Crippen LogP contribution in [0.2, 0.25) is 0 Å².